The van der Waals surface area contributed by atoms with Gasteiger partial charge in [-0.2, -0.15) is 0 Å². The molecule has 0 fully saturated rings. The molecule has 3 N–H and O–H groups in total. The van der Waals surface area contributed by atoms with Crippen LogP contribution in [-0.4, -0.2) is 38.5 Å². The number of hydrogen-bond acceptors (Lipinski definition) is 8. The van der Waals surface area contributed by atoms with Gasteiger partial charge in [-0.05, 0) is 13.0 Å². The molecule has 158 valence electrons. The van der Waals surface area contributed by atoms with Crippen LogP contribution in [0.25, 0.3) is 22.9 Å². The molecule has 0 saturated carbocycles. The molecular formula is C21H18N4O6. The summed E-state index contributed by atoms with van der Waals surface area (Å²) in [6.07, 6.45) is 1.24. The molecule has 0 saturated heterocycles. The molecule has 1 atom stereocenters. The summed E-state index contributed by atoms with van der Waals surface area (Å²) in [6, 6.07) is 12.3. The Morgan fingerprint density at radius 1 is 1.19 bits per heavy atom. The molecule has 31 heavy (non-hydrogen) atoms. The Balaban J connectivity index is 2.26. The van der Waals surface area contributed by atoms with Gasteiger partial charge in [-0.25, -0.2) is 9.97 Å². The fourth-order valence-corrected chi connectivity index (χ4v) is 2.91. The van der Waals surface area contributed by atoms with Crippen molar-refractivity contribution >= 4 is 40.4 Å². The van der Waals surface area contributed by atoms with Gasteiger partial charge in [0.1, 0.15) is 5.76 Å². The first-order valence-corrected chi connectivity index (χ1v) is 9.20. The maximum atomic E-state index is 12.4. The summed E-state index contributed by atoms with van der Waals surface area (Å²) in [5, 5.41) is 21.6. The zero-order valence-electron chi connectivity index (χ0n) is 16.4. The van der Waals surface area contributed by atoms with E-state index in [1.807, 2.05) is 0 Å². The number of ether oxygens (including phenoxy) is 1. The number of non-ortho nitro benzene ring substituents is 1. The van der Waals surface area contributed by atoms with Crippen molar-refractivity contribution in [2.24, 2.45) is 5.73 Å². The van der Waals surface area contributed by atoms with E-state index in [4.69, 9.17) is 10.5 Å². The van der Waals surface area contributed by atoms with Gasteiger partial charge in [0.15, 0.2) is 5.92 Å². The number of aliphatic hydroxyl groups excluding tert-OH is 1. The average molecular weight is 422 g/mol. The molecule has 10 nitrogen and oxygen atoms in total. The Morgan fingerprint density at radius 2 is 1.90 bits per heavy atom. The first-order valence-electron chi connectivity index (χ1n) is 9.20. The molecule has 10 heteroatoms. The van der Waals surface area contributed by atoms with Crippen molar-refractivity contribution in [1.29, 1.82) is 0 Å². The van der Waals surface area contributed by atoms with Crippen LogP contribution in [-0.2, 0) is 14.3 Å². The van der Waals surface area contributed by atoms with Gasteiger partial charge in [0.25, 0.3) is 5.69 Å². The van der Waals surface area contributed by atoms with E-state index in [-0.39, 0.29) is 40.5 Å². The van der Waals surface area contributed by atoms with Crippen molar-refractivity contribution in [2.45, 2.75) is 12.8 Å². The van der Waals surface area contributed by atoms with Gasteiger partial charge in [-0.3, -0.25) is 19.7 Å². The highest BCUT2D eigenvalue weighted by atomic mass is 16.6. The lowest BCUT2D eigenvalue weighted by molar-refractivity contribution is -0.384. The molecule has 0 bridgehead atoms. The number of nitro benzene ring substituents is 1. The van der Waals surface area contributed by atoms with Crippen LogP contribution in [0.4, 0.5) is 5.69 Å². The third kappa shape index (κ3) is 4.64. The number of nitro groups is 1. The van der Waals surface area contributed by atoms with Crippen LogP contribution in [0.1, 0.15) is 29.8 Å². The van der Waals surface area contributed by atoms with E-state index < -0.39 is 22.7 Å². The van der Waals surface area contributed by atoms with Gasteiger partial charge < -0.3 is 15.6 Å². The number of aliphatic hydroxyl groups is 1. The maximum Gasteiger partial charge on any atom is 0.324 e. The molecule has 0 aliphatic rings. The number of esters is 1. The monoisotopic (exact) mass is 422 g/mol. The predicted octanol–water partition coefficient (Wildman–Crippen LogP) is 2.73. The van der Waals surface area contributed by atoms with E-state index in [0.29, 0.717) is 5.56 Å². The highest BCUT2D eigenvalue weighted by Gasteiger charge is 2.32. The Labute approximate surface area is 176 Å². The van der Waals surface area contributed by atoms with Crippen LogP contribution in [0.2, 0.25) is 0 Å². The average Bonchev–Trinajstić information content (AvgIpc) is 2.74. The number of aromatic nitrogens is 2. The fourth-order valence-electron chi connectivity index (χ4n) is 2.91. The van der Waals surface area contributed by atoms with E-state index in [1.54, 1.807) is 37.3 Å². The molecule has 2 aromatic carbocycles. The third-order valence-corrected chi connectivity index (χ3v) is 4.34. The number of fused-ring (bicyclic) bond motifs is 1. The number of carbonyl (C=O) groups excluding carboxylic acids is 2. The topological polar surface area (TPSA) is 159 Å². The van der Waals surface area contributed by atoms with Crippen LogP contribution >= 0.6 is 0 Å². The minimum Gasteiger partial charge on any atom is -0.507 e. The molecule has 3 aromatic rings. The summed E-state index contributed by atoms with van der Waals surface area (Å²) in [4.78, 5) is 43.6. The normalized spacial score (nSPS) is 12.4. The number of carbonyl (C=O) groups is 2. The predicted molar refractivity (Wildman–Crippen MR) is 112 cm³/mol. The van der Waals surface area contributed by atoms with Gasteiger partial charge in [0, 0.05) is 23.8 Å². The fraction of sp³-hybridized carbons (Fsp3) is 0.143. The van der Waals surface area contributed by atoms with E-state index in [0.717, 1.165) is 0 Å². The third-order valence-electron chi connectivity index (χ3n) is 4.34. The number of primary amides is 1. The summed E-state index contributed by atoms with van der Waals surface area (Å²) in [6.45, 7) is 1.56. The van der Waals surface area contributed by atoms with Crippen molar-refractivity contribution in [3.8, 4) is 0 Å². The lowest BCUT2D eigenvalue weighted by atomic mass is 10.0. The number of nitrogens with two attached hydrogens (primary N) is 1. The number of nitrogens with zero attached hydrogens (tertiary/aromatic N) is 3. The quantitative estimate of drug-likeness (QED) is 0.193. The standard InChI is InChI=1S/C21H18N4O6/c1-2-31-21(28)18(20(22)27)19-16(11-17(26)12-6-4-3-5-7-12)23-14-9-8-13(25(29)30)10-15(14)24-19/h3-11,18,26H,2H2,1H3,(H2,22,27)/b17-11-. The molecule has 1 amide bonds. The van der Waals surface area contributed by atoms with Crippen molar-refractivity contribution in [3.05, 3.63) is 75.6 Å². The Hall–Kier alpha value is -4.34. The molecule has 0 radical (unpaired) electrons. The molecule has 0 spiro atoms. The SMILES string of the molecule is CCOC(=O)C(C(N)=O)c1nc2cc([N+](=O)[O-])ccc2nc1/C=C(\O)c1ccccc1. The van der Waals surface area contributed by atoms with Gasteiger partial charge in [0.2, 0.25) is 5.91 Å². The maximum absolute atomic E-state index is 12.4. The van der Waals surface area contributed by atoms with Gasteiger partial charge in [0.05, 0.1) is 34.0 Å². The smallest absolute Gasteiger partial charge is 0.324 e. The summed E-state index contributed by atoms with van der Waals surface area (Å²) >= 11 is 0. The first-order chi connectivity index (χ1) is 14.8. The molecule has 1 aromatic heterocycles. The Bertz CT molecular complexity index is 1190. The number of rotatable bonds is 7. The second kappa shape index (κ2) is 8.99. The lowest BCUT2D eigenvalue weighted by Crippen LogP contribution is -2.31. The van der Waals surface area contributed by atoms with E-state index >= 15 is 0 Å². The summed E-state index contributed by atoms with van der Waals surface area (Å²) in [7, 11) is 0. The van der Waals surface area contributed by atoms with Crippen molar-refractivity contribution in [3.63, 3.8) is 0 Å². The Kier molecular flexibility index (Phi) is 6.20. The molecule has 0 aliphatic carbocycles. The number of hydrogen-bond donors (Lipinski definition) is 2. The van der Waals surface area contributed by atoms with Crippen LogP contribution in [0, 0.1) is 10.1 Å². The van der Waals surface area contributed by atoms with E-state index in [2.05, 4.69) is 9.97 Å². The van der Waals surface area contributed by atoms with Gasteiger partial charge in [-0.1, -0.05) is 30.3 Å². The highest BCUT2D eigenvalue weighted by Crippen LogP contribution is 2.27. The summed E-state index contributed by atoms with van der Waals surface area (Å²) in [5.74, 6) is -3.79. The molecule has 3 rings (SSSR count). The number of amides is 1. The van der Waals surface area contributed by atoms with Crippen molar-refractivity contribution < 1.29 is 24.4 Å². The van der Waals surface area contributed by atoms with Gasteiger partial charge >= 0.3 is 5.97 Å². The zero-order chi connectivity index (χ0) is 22.5. The Morgan fingerprint density at radius 3 is 2.52 bits per heavy atom. The zero-order valence-corrected chi connectivity index (χ0v) is 16.4. The van der Waals surface area contributed by atoms with Crippen LogP contribution in [0.3, 0.4) is 0 Å². The lowest BCUT2D eigenvalue weighted by Gasteiger charge is -2.15. The molecule has 1 heterocycles. The van der Waals surface area contributed by atoms with Crippen LogP contribution in [0.15, 0.2) is 48.5 Å². The van der Waals surface area contributed by atoms with Crippen molar-refractivity contribution in [1.82, 2.24) is 9.97 Å². The second-order valence-corrected chi connectivity index (χ2v) is 6.41. The largest absolute Gasteiger partial charge is 0.507 e. The van der Waals surface area contributed by atoms with E-state index in [1.165, 1.54) is 24.3 Å². The minimum atomic E-state index is -1.62. The molecule has 1 unspecified atom stereocenters. The molecule has 0 aliphatic heterocycles. The summed E-state index contributed by atoms with van der Waals surface area (Å²) in [5.41, 5.74) is 5.81. The van der Waals surface area contributed by atoms with Crippen LogP contribution in [0.5, 0.6) is 0 Å². The van der Waals surface area contributed by atoms with E-state index in [9.17, 15) is 24.8 Å². The highest BCUT2D eigenvalue weighted by molar-refractivity contribution is 6.03. The van der Waals surface area contributed by atoms with Gasteiger partial charge in [-0.15, -0.1) is 0 Å². The second-order valence-electron chi connectivity index (χ2n) is 6.41. The van der Waals surface area contributed by atoms with Crippen molar-refractivity contribution in [2.75, 3.05) is 6.61 Å². The minimum absolute atomic E-state index is 0.000408. The number of benzene rings is 2. The molecular weight excluding hydrogens is 404 g/mol. The first kappa shape index (κ1) is 21.4. The van der Waals surface area contributed by atoms with Crippen LogP contribution < -0.4 is 5.73 Å². The summed E-state index contributed by atoms with van der Waals surface area (Å²) < 4.78 is 4.94.